The number of nitrogens with zero attached hydrogens (tertiary/aromatic N) is 1. The second-order valence-corrected chi connectivity index (χ2v) is 6.70. The van der Waals surface area contributed by atoms with E-state index in [1.165, 1.54) is 10.4 Å². The summed E-state index contributed by atoms with van der Waals surface area (Å²) in [4.78, 5) is 16.0. The van der Waals surface area contributed by atoms with Gasteiger partial charge in [0.15, 0.2) is 0 Å². The van der Waals surface area contributed by atoms with Crippen molar-refractivity contribution in [3.05, 3.63) is 81.4 Å². The fourth-order valence-electron chi connectivity index (χ4n) is 2.45. The smallest absolute Gasteiger partial charge is 0.254 e. The SMILES string of the molecule is Cc1ccc(C(=O)N(Cc2ccoc2)Cc2cccs2)cc1C. The molecule has 0 atom stereocenters. The Balaban J connectivity index is 1.86. The third-order valence-electron chi connectivity index (χ3n) is 3.92. The van der Waals surface area contributed by atoms with Crippen molar-refractivity contribution in [3.63, 3.8) is 0 Å². The zero-order chi connectivity index (χ0) is 16.2. The average Bonchev–Trinajstić information content (AvgIpc) is 3.22. The molecular formula is C19H19NO2S. The molecule has 0 radical (unpaired) electrons. The molecule has 0 aliphatic heterocycles. The summed E-state index contributed by atoms with van der Waals surface area (Å²) in [6.45, 7) is 5.24. The number of benzene rings is 1. The fraction of sp³-hybridized carbons (Fsp3) is 0.211. The van der Waals surface area contributed by atoms with Crippen LogP contribution in [0.2, 0.25) is 0 Å². The van der Waals surface area contributed by atoms with Gasteiger partial charge in [-0.2, -0.15) is 0 Å². The van der Waals surface area contributed by atoms with Crippen molar-refractivity contribution in [3.8, 4) is 0 Å². The molecule has 0 bridgehead atoms. The maximum atomic E-state index is 13.0. The summed E-state index contributed by atoms with van der Waals surface area (Å²) < 4.78 is 5.14. The maximum absolute atomic E-state index is 13.0. The van der Waals surface area contributed by atoms with Crippen LogP contribution in [-0.4, -0.2) is 10.8 Å². The minimum atomic E-state index is 0.0442. The van der Waals surface area contributed by atoms with E-state index in [0.717, 1.165) is 16.7 Å². The highest BCUT2D eigenvalue weighted by atomic mass is 32.1. The second kappa shape index (κ2) is 6.84. The number of carbonyl (C=O) groups excluding carboxylic acids is 1. The van der Waals surface area contributed by atoms with Crippen LogP contribution in [0.1, 0.15) is 31.9 Å². The van der Waals surface area contributed by atoms with E-state index < -0.39 is 0 Å². The first-order valence-electron chi connectivity index (χ1n) is 7.53. The van der Waals surface area contributed by atoms with Crippen molar-refractivity contribution >= 4 is 17.2 Å². The first-order valence-corrected chi connectivity index (χ1v) is 8.41. The lowest BCUT2D eigenvalue weighted by Gasteiger charge is -2.22. The molecule has 1 aromatic carbocycles. The lowest BCUT2D eigenvalue weighted by molar-refractivity contribution is 0.0731. The monoisotopic (exact) mass is 325 g/mol. The minimum Gasteiger partial charge on any atom is -0.472 e. The van der Waals surface area contributed by atoms with Gasteiger partial charge in [-0.3, -0.25) is 4.79 Å². The molecule has 0 saturated carbocycles. The Bertz CT molecular complexity index is 740. The summed E-state index contributed by atoms with van der Waals surface area (Å²) in [5.41, 5.74) is 4.06. The van der Waals surface area contributed by atoms with Gasteiger partial charge < -0.3 is 9.32 Å². The molecule has 4 heteroatoms. The topological polar surface area (TPSA) is 33.5 Å². The van der Waals surface area contributed by atoms with Gasteiger partial charge in [-0.05, 0) is 54.6 Å². The molecule has 118 valence electrons. The van der Waals surface area contributed by atoms with Crippen molar-refractivity contribution in [1.82, 2.24) is 4.90 Å². The van der Waals surface area contributed by atoms with Crippen molar-refractivity contribution < 1.29 is 9.21 Å². The van der Waals surface area contributed by atoms with Crippen LogP contribution in [0.3, 0.4) is 0 Å². The van der Waals surface area contributed by atoms with E-state index in [0.29, 0.717) is 13.1 Å². The summed E-state index contributed by atoms with van der Waals surface area (Å²) in [5.74, 6) is 0.0442. The highest BCUT2D eigenvalue weighted by molar-refractivity contribution is 7.09. The van der Waals surface area contributed by atoms with Gasteiger partial charge in [0, 0.05) is 22.5 Å². The number of thiophene rings is 1. The molecule has 0 unspecified atom stereocenters. The fourth-order valence-corrected chi connectivity index (χ4v) is 3.17. The van der Waals surface area contributed by atoms with E-state index in [-0.39, 0.29) is 5.91 Å². The van der Waals surface area contributed by atoms with Gasteiger partial charge in [-0.1, -0.05) is 12.1 Å². The molecule has 2 heterocycles. The van der Waals surface area contributed by atoms with Crippen LogP contribution in [0.5, 0.6) is 0 Å². The van der Waals surface area contributed by atoms with Gasteiger partial charge in [0.25, 0.3) is 5.91 Å². The Morgan fingerprint density at radius 3 is 2.65 bits per heavy atom. The van der Waals surface area contributed by atoms with Gasteiger partial charge in [0.1, 0.15) is 0 Å². The van der Waals surface area contributed by atoms with E-state index in [2.05, 4.69) is 13.0 Å². The summed E-state index contributed by atoms with van der Waals surface area (Å²) in [7, 11) is 0. The van der Waals surface area contributed by atoms with E-state index in [9.17, 15) is 4.79 Å². The van der Waals surface area contributed by atoms with Crippen molar-refractivity contribution in [2.24, 2.45) is 0 Å². The van der Waals surface area contributed by atoms with Crippen LogP contribution in [0.15, 0.2) is 58.7 Å². The molecule has 23 heavy (non-hydrogen) atoms. The average molecular weight is 325 g/mol. The summed E-state index contributed by atoms with van der Waals surface area (Å²) in [5, 5.41) is 2.03. The third-order valence-corrected chi connectivity index (χ3v) is 4.78. The standard InChI is InChI=1S/C19H19NO2S/c1-14-5-6-17(10-15(14)2)19(21)20(11-16-7-8-22-13-16)12-18-4-3-9-23-18/h3-10,13H,11-12H2,1-2H3. The molecule has 2 aromatic heterocycles. The highest BCUT2D eigenvalue weighted by Gasteiger charge is 2.18. The number of hydrogen-bond acceptors (Lipinski definition) is 3. The third kappa shape index (κ3) is 3.71. The number of rotatable bonds is 5. The normalized spacial score (nSPS) is 10.7. The summed E-state index contributed by atoms with van der Waals surface area (Å²) >= 11 is 1.66. The van der Waals surface area contributed by atoms with Gasteiger partial charge in [-0.15, -0.1) is 11.3 Å². The molecule has 3 rings (SSSR count). The van der Waals surface area contributed by atoms with Crippen LogP contribution in [0.25, 0.3) is 0 Å². The minimum absolute atomic E-state index is 0.0442. The Morgan fingerprint density at radius 1 is 1.13 bits per heavy atom. The second-order valence-electron chi connectivity index (χ2n) is 5.67. The van der Waals surface area contributed by atoms with Gasteiger partial charge in [0.2, 0.25) is 0 Å². The largest absolute Gasteiger partial charge is 0.472 e. The van der Waals surface area contributed by atoms with E-state index >= 15 is 0 Å². The first-order chi connectivity index (χ1) is 11.1. The van der Waals surface area contributed by atoms with Crippen molar-refractivity contribution in [2.75, 3.05) is 0 Å². The predicted octanol–water partition coefficient (Wildman–Crippen LogP) is 4.80. The lowest BCUT2D eigenvalue weighted by atomic mass is 10.1. The number of carbonyl (C=O) groups is 1. The lowest BCUT2D eigenvalue weighted by Crippen LogP contribution is -2.29. The molecule has 3 aromatic rings. The number of hydrogen-bond donors (Lipinski definition) is 0. The Morgan fingerprint density at radius 2 is 2.00 bits per heavy atom. The number of aryl methyl sites for hydroxylation is 2. The quantitative estimate of drug-likeness (QED) is 0.675. The van der Waals surface area contributed by atoms with Crippen LogP contribution in [-0.2, 0) is 13.1 Å². The first kappa shape index (κ1) is 15.6. The van der Waals surface area contributed by atoms with Crippen LogP contribution in [0, 0.1) is 13.8 Å². The zero-order valence-electron chi connectivity index (χ0n) is 13.3. The molecule has 0 fully saturated rings. The predicted molar refractivity (Wildman–Crippen MR) is 92.5 cm³/mol. The Kier molecular flexibility index (Phi) is 4.63. The Hall–Kier alpha value is -2.33. The van der Waals surface area contributed by atoms with Crippen molar-refractivity contribution in [1.29, 1.82) is 0 Å². The molecule has 1 amide bonds. The van der Waals surface area contributed by atoms with E-state index in [1.54, 1.807) is 23.9 Å². The molecule has 0 aliphatic carbocycles. The Labute approximate surface area is 140 Å². The number of furan rings is 1. The van der Waals surface area contributed by atoms with Crippen LogP contribution in [0.4, 0.5) is 0 Å². The van der Waals surface area contributed by atoms with Gasteiger partial charge in [0.05, 0.1) is 19.1 Å². The number of amides is 1. The van der Waals surface area contributed by atoms with Gasteiger partial charge in [-0.25, -0.2) is 0 Å². The maximum Gasteiger partial charge on any atom is 0.254 e. The summed E-state index contributed by atoms with van der Waals surface area (Å²) in [6, 6.07) is 11.8. The molecule has 3 nitrogen and oxygen atoms in total. The van der Waals surface area contributed by atoms with E-state index in [4.69, 9.17) is 4.42 Å². The molecule has 0 N–H and O–H groups in total. The zero-order valence-corrected chi connectivity index (χ0v) is 14.1. The molecule has 0 spiro atoms. The van der Waals surface area contributed by atoms with Crippen LogP contribution >= 0.6 is 11.3 Å². The van der Waals surface area contributed by atoms with Gasteiger partial charge >= 0.3 is 0 Å². The van der Waals surface area contributed by atoms with Crippen molar-refractivity contribution in [2.45, 2.75) is 26.9 Å². The highest BCUT2D eigenvalue weighted by Crippen LogP contribution is 2.19. The molecular weight excluding hydrogens is 306 g/mol. The molecule has 0 aliphatic rings. The summed E-state index contributed by atoms with van der Waals surface area (Å²) in [6.07, 6.45) is 3.33. The van der Waals surface area contributed by atoms with E-state index in [1.807, 2.05) is 47.5 Å². The molecule has 0 saturated heterocycles. The van der Waals surface area contributed by atoms with Crippen LogP contribution < -0.4 is 0 Å².